The molecule has 0 unspecified atom stereocenters. The minimum Gasteiger partial charge on any atom is -0.460 e. The molecule has 4 rings (SSSR count). The summed E-state index contributed by atoms with van der Waals surface area (Å²) in [4.78, 5) is 53.0. The molecular formula is C30H30N4O6. The Morgan fingerprint density at radius 3 is 2.05 bits per heavy atom. The standard InChI is InChI=1S/C30H30N4O6/c35-27(32-18-28(36)39-19-21-9-3-1-4-10-21)17-33-29(37)26(15-23-16-31-25-14-8-7-13-24(23)25)34-30(38)40-20-22-11-5-2-6-12-22/h1-14,16,26,31H,15,17-20H2,(H,32,35)(H,33,37)(H,34,38)/t26-/m0/s1. The molecule has 3 aromatic carbocycles. The van der Waals surface area contributed by atoms with E-state index in [-0.39, 0.29) is 26.2 Å². The van der Waals surface area contributed by atoms with Gasteiger partial charge in [-0.15, -0.1) is 0 Å². The van der Waals surface area contributed by atoms with Crippen molar-refractivity contribution in [3.63, 3.8) is 0 Å². The van der Waals surface area contributed by atoms with Crippen LogP contribution in [0, 0.1) is 0 Å². The maximum Gasteiger partial charge on any atom is 0.408 e. The SMILES string of the molecule is O=C(CNC(=O)[C@H](Cc1c[nH]c2ccccc12)NC(=O)OCc1ccccc1)NCC(=O)OCc1ccccc1. The maximum atomic E-state index is 13.1. The fraction of sp³-hybridized carbons (Fsp3) is 0.200. The van der Waals surface area contributed by atoms with Crippen LogP contribution in [0.25, 0.3) is 10.9 Å². The summed E-state index contributed by atoms with van der Waals surface area (Å²) in [6.07, 6.45) is 1.16. The van der Waals surface area contributed by atoms with Crippen molar-refractivity contribution in [3.05, 3.63) is 108 Å². The molecule has 1 aromatic heterocycles. The summed E-state index contributed by atoms with van der Waals surface area (Å²) >= 11 is 0. The predicted molar refractivity (Wildman–Crippen MR) is 148 cm³/mol. The third-order valence-electron chi connectivity index (χ3n) is 6.02. The zero-order chi connectivity index (χ0) is 28.2. The van der Waals surface area contributed by atoms with Gasteiger partial charge < -0.3 is 30.4 Å². The van der Waals surface area contributed by atoms with E-state index < -0.39 is 36.5 Å². The molecule has 206 valence electrons. The van der Waals surface area contributed by atoms with Gasteiger partial charge in [0.15, 0.2) is 0 Å². The summed E-state index contributed by atoms with van der Waals surface area (Å²) in [6, 6.07) is 24.9. The van der Waals surface area contributed by atoms with Crippen LogP contribution >= 0.6 is 0 Å². The number of carbonyl (C=O) groups excluding carboxylic acids is 4. The molecular weight excluding hydrogens is 512 g/mol. The molecule has 40 heavy (non-hydrogen) atoms. The van der Waals surface area contributed by atoms with E-state index in [1.807, 2.05) is 84.9 Å². The average Bonchev–Trinajstić information content (AvgIpc) is 3.40. The zero-order valence-corrected chi connectivity index (χ0v) is 21.7. The zero-order valence-electron chi connectivity index (χ0n) is 21.7. The molecule has 4 N–H and O–H groups in total. The molecule has 0 fully saturated rings. The van der Waals surface area contributed by atoms with Crippen molar-refractivity contribution >= 4 is 34.8 Å². The number of alkyl carbamates (subject to hydrolysis) is 1. The Balaban J connectivity index is 1.30. The van der Waals surface area contributed by atoms with E-state index in [1.165, 1.54) is 0 Å². The van der Waals surface area contributed by atoms with E-state index in [0.29, 0.717) is 0 Å². The second-order valence-corrected chi connectivity index (χ2v) is 8.96. The van der Waals surface area contributed by atoms with Crippen LogP contribution in [0.5, 0.6) is 0 Å². The summed E-state index contributed by atoms with van der Waals surface area (Å²) in [5.41, 5.74) is 3.33. The number of amides is 3. The number of hydrogen-bond donors (Lipinski definition) is 4. The van der Waals surface area contributed by atoms with Crippen LogP contribution in [0.3, 0.4) is 0 Å². The molecule has 0 saturated heterocycles. The number of H-pyrrole nitrogens is 1. The van der Waals surface area contributed by atoms with Gasteiger partial charge in [0.1, 0.15) is 25.8 Å². The first-order valence-electron chi connectivity index (χ1n) is 12.7. The highest BCUT2D eigenvalue weighted by Gasteiger charge is 2.24. The first-order chi connectivity index (χ1) is 19.5. The molecule has 0 aliphatic carbocycles. The van der Waals surface area contributed by atoms with Gasteiger partial charge in [-0.3, -0.25) is 14.4 Å². The number of benzene rings is 3. The van der Waals surface area contributed by atoms with Crippen LogP contribution in [0.15, 0.2) is 91.1 Å². The highest BCUT2D eigenvalue weighted by atomic mass is 16.5. The maximum absolute atomic E-state index is 13.1. The predicted octanol–water partition coefficient (Wildman–Crippen LogP) is 2.98. The third-order valence-corrected chi connectivity index (χ3v) is 6.02. The molecule has 0 aliphatic rings. The van der Waals surface area contributed by atoms with E-state index in [2.05, 4.69) is 20.9 Å². The Labute approximate surface area is 231 Å². The third kappa shape index (κ3) is 8.45. The molecule has 0 aliphatic heterocycles. The molecule has 1 heterocycles. The Kier molecular flexibility index (Phi) is 9.87. The van der Waals surface area contributed by atoms with Crippen molar-refractivity contribution in [3.8, 4) is 0 Å². The molecule has 0 spiro atoms. The number of hydrogen-bond acceptors (Lipinski definition) is 6. The fourth-order valence-electron chi connectivity index (χ4n) is 3.95. The second kappa shape index (κ2) is 14.1. The quantitative estimate of drug-likeness (QED) is 0.203. The largest absolute Gasteiger partial charge is 0.460 e. The van der Waals surface area contributed by atoms with Crippen LogP contribution in [-0.2, 0) is 43.5 Å². The molecule has 0 saturated carbocycles. The molecule has 3 amide bonds. The monoisotopic (exact) mass is 542 g/mol. The molecule has 10 nitrogen and oxygen atoms in total. The number of aromatic amines is 1. The van der Waals surface area contributed by atoms with E-state index in [1.54, 1.807) is 6.20 Å². The average molecular weight is 543 g/mol. The summed E-state index contributed by atoms with van der Waals surface area (Å²) in [5.74, 6) is -1.77. The number of aromatic nitrogens is 1. The van der Waals surface area contributed by atoms with Gasteiger partial charge in [-0.25, -0.2) is 4.79 Å². The fourth-order valence-corrected chi connectivity index (χ4v) is 3.95. The van der Waals surface area contributed by atoms with E-state index in [0.717, 1.165) is 27.6 Å². The van der Waals surface area contributed by atoms with Crippen molar-refractivity contribution in [1.29, 1.82) is 0 Å². The van der Waals surface area contributed by atoms with Crippen molar-refractivity contribution in [2.75, 3.05) is 13.1 Å². The van der Waals surface area contributed by atoms with Gasteiger partial charge in [0.05, 0.1) is 6.54 Å². The van der Waals surface area contributed by atoms with Crippen molar-refractivity contribution < 1.29 is 28.7 Å². The van der Waals surface area contributed by atoms with Gasteiger partial charge in [-0.2, -0.15) is 0 Å². The molecule has 0 bridgehead atoms. The first-order valence-corrected chi connectivity index (χ1v) is 12.7. The van der Waals surface area contributed by atoms with Crippen molar-refractivity contribution in [1.82, 2.24) is 20.9 Å². The minimum absolute atomic E-state index is 0.0386. The Morgan fingerprint density at radius 2 is 1.35 bits per heavy atom. The van der Waals surface area contributed by atoms with Crippen molar-refractivity contribution in [2.45, 2.75) is 25.7 Å². The molecule has 4 aromatic rings. The molecule has 0 radical (unpaired) electrons. The van der Waals surface area contributed by atoms with Gasteiger partial charge in [0, 0.05) is 23.5 Å². The van der Waals surface area contributed by atoms with E-state index in [9.17, 15) is 19.2 Å². The highest BCUT2D eigenvalue weighted by Crippen LogP contribution is 2.19. The van der Waals surface area contributed by atoms with Gasteiger partial charge in [0.25, 0.3) is 0 Å². The lowest BCUT2D eigenvalue weighted by molar-refractivity contribution is -0.145. The van der Waals surface area contributed by atoms with Gasteiger partial charge in [-0.1, -0.05) is 78.9 Å². The Morgan fingerprint density at radius 1 is 0.725 bits per heavy atom. The van der Waals surface area contributed by atoms with Gasteiger partial charge >= 0.3 is 12.1 Å². The second-order valence-electron chi connectivity index (χ2n) is 8.96. The summed E-state index contributed by atoms with van der Waals surface area (Å²) in [7, 11) is 0. The Hall–Kier alpha value is -5.12. The number of fused-ring (bicyclic) bond motifs is 1. The number of carbonyl (C=O) groups is 4. The number of nitrogens with one attached hydrogen (secondary N) is 4. The van der Waals surface area contributed by atoms with E-state index >= 15 is 0 Å². The van der Waals surface area contributed by atoms with E-state index in [4.69, 9.17) is 9.47 Å². The molecule has 10 heteroatoms. The minimum atomic E-state index is -1.02. The topological polar surface area (TPSA) is 139 Å². The van der Waals surface area contributed by atoms with Gasteiger partial charge in [-0.05, 0) is 22.8 Å². The van der Waals surface area contributed by atoms with Crippen LogP contribution in [-0.4, -0.2) is 48.0 Å². The lowest BCUT2D eigenvalue weighted by atomic mass is 10.0. The summed E-state index contributed by atoms with van der Waals surface area (Å²) in [6.45, 7) is -0.606. The van der Waals surface area contributed by atoms with Crippen LogP contribution < -0.4 is 16.0 Å². The number of para-hydroxylation sites is 1. The summed E-state index contributed by atoms with van der Waals surface area (Å²) < 4.78 is 10.4. The normalized spacial score (nSPS) is 11.3. The first kappa shape index (κ1) is 27.9. The van der Waals surface area contributed by atoms with Crippen LogP contribution in [0.2, 0.25) is 0 Å². The number of esters is 1. The van der Waals surface area contributed by atoms with Crippen molar-refractivity contribution in [2.24, 2.45) is 0 Å². The Bertz CT molecular complexity index is 1440. The summed E-state index contributed by atoms with van der Waals surface area (Å²) in [5, 5.41) is 8.45. The van der Waals surface area contributed by atoms with Gasteiger partial charge in [0.2, 0.25) is 11.8 Å². The van der Waals surface area contributed by atoms with Crippen LogP contribution in [0.1, 0.15) is 16.7 Å². The van der Waals surface area contributed by atoms with Crippen LogP contribution in [0.4, 0.5) is 4.79 Å². The number of ether oxygens (including phenoxy) is 2. The lowest BCUT2D eigenvalue weighted by Gasteiger charge is -2.18. The number of rotatable bonds is 12. The highest BCUT2D eigenvalue weighted by molar-refractivity contribution is 5.91. The molecule has 1 atom stereocenters. The smallest absolute Gasteiger partial charge is 0.408 e. The lowest BCUT2D eigenvalue weighted by Crippen LogP contribution is -2.50.